The van der Waals surface area contributed by atoms with Crippen molar-refractivity contribution in [1.82, 2.24) is 9.80 Å². The van der Waals surface area contributed by atoms with E-state index < -0.39 is 5.60 Å². The van der Waals surface area contributed by atoms with Crippen molar-refractivity contribution in [3.05, 3.63) is 57.8 Å². The minimum atomic E-state index is -0.962. The summed E-state index contributed by atoms with van der Waals surface area (Å²) in [5.74, 6) is 5.94. The van der Waals surface area contributed by atoms with Crippen molar-refractivity contribution in [2.24, 2.45) is 0 Å². The molecule has 1 atom stereocenters. The number of aliphatic hydroxyl groups excluding tert-OH is 1. The molecule has 4 nitrogen and oxygen atoms in total. The maximum Gasteiger partial charge on any atom is 0.120 e. The first kappa shape index (κ1) is 21.0. The zero-order valence-corrected chi connectivity index (χ0v) is 17.6. The Kier molecular flexibility index (Phi) is 7.28. The summed E-state index contributed by atoms with van der Waals surface area (Å²) in [7, 11) is 0. The molecule has 0 aliphatic carbocycles. The molecule has 2 aromatic rings. The van der Waals surface area contributed by atoms with Crippen molar-refractivity contribution in [2.75, 3.05) is 26.2 Å². The number of aliphatic hydroxyl groups is 2. The van der Waals surface area contributed by atoms with Crippen LogP contribution in [0.1, 0.15) is 35.6 Å². The molecular weight excluding hydrogens is 368 g/mol. The zero-order chi connectivity index (χ0) is 20.0. The van der Waals surface area contributed by atoms with Gasteiger partial charge in [0.1, 0.15) is 5.60 Å². The molecule has 1 aliphatic rings. The van der Waals surface area contributed by atoms with Crippen LogP contribution < -0.4 is 0 Å². The van der Waals surface area contributed by atoms with Gasteiger partial charge in [-0.15, -0.1) is 11.3 Å². The zero-order valence-electron chi connectivity index (χ0n) is 16.8. The molecule has 2 heterocycles. The SMILES string of the molecule is CC(C)(O)C#Cc1ccc(CN2CCN(Cc3ccccc3)[C@@H](CCO)C2)s1. The van der Waals surface area contributed by atoms with Gasteiger partial charge in [-0.1, -0.05) is 42.2 Å². The van der Waals surface area contributed by atoms with Crippen molar-refractivity contribution in [3.8, 4) is 11.8 Å². The molecule has 150 valence electrons. The molecular formula is C23H30N2O2S. The van der Waals surface area contributed by atoms with E-state index in [1.165, 1.54) is 10.4 Å². The third-order valence-corrected chi connectivity index (χ3v) is 5.90. The molecule has 1 aromatic carbocycles. The molecule has 3 rings (SSSR count). The van der Waals surface area contributed by atoms with Crippen LogP contribution in [0.25, 0.3) is 0 Å². The highest BCUT2D eigenvalue weighted by atomic mass is 32.1. The Balaban J connectivity index is 1.59. The van der Waals surface area contributed by atoms with Crippen LogP contribution in [0, 0.1) is 11.8 Å². The summed E-state index contributed by atoms with van der Waals surface area (Å²) >= 11 is 1.70. The summed E-state index contributed by atoms with van der Waals surface area (Å²) in [6.45, 7) is 8.48. The average molecular weight is 399 g/mol. The lowest BCUT2D eigenvalue weighted by Crippen LogP contribution is -2.52. The van der Waals surface area contributed by atoms with Crippen LogP contribution in [-0.2, 0) is 13.1 Å². The van der Waals surface area contributed by atoms with Gasteiger partial charge in [-0.25, -0.2) is 0 Å². The Morgan fingerprint density at radius 1 is 1.11 bits per heavy atom. The maximum absolute atomic E-state index is 9.75. The van der Waals surface area contributed by atoms with Crippen LogP contribution in [-0.4, -0.2) is 57.9 Å². The van der Waals surface area contributed by atoms with Gasteiger partial charge < -0.3 is 10.2 Å². The molecule has 1 saturated heterocycles. The van der Waals surface area contributed by atoms with Crippen molar-refractivity contribution in [3.63, 3.8) is 0 Å². The maximum atomic E-state index is 9.75. The highest BCUT2D eigenvalue weighted by Crippen LogP contribution is 2.22. The molecule has 2 N–H and O–H groups in total. The van der Waals surface area contributed by atoms with Crippen LogP contribution in [0.2, 0.25) is 0 Å². The van der Waals surface area contributed by atoms with Crippen molar-refractivity contribution in [2.45, 2.75) is 45.0 Å². The summed E-state index contributed by atoms with van der Waals surface area (Å²) in [6, 6.07) is 15.1. The molecule has 28 heavy (non-hydrogen) atoms. The summed E-state index contributed by atoms with van der Waals surface area (Å²) in [5, 5.41) is 19.3. The fourth-order valence-corrected chi connectivity index (χ4v) is 4.42. The van der Waals surface area contributed by atoms with E-state index >= 15 is 0 Å². The van der Waals surface area contributed by atoms with Crippen LogP contribution >= 0.6 is 11.3 Å². The van der Waals surface area contributed by atoms with Gasteiger partial charge >= 0.3 is 0 Å². The first-order chi connectivity index (χ1) is 13.4. The molecule has 0 spiro atoms. The molecule has 1 aliphatic heterocycles. The second kappa shape index (κ2) is 9.69. The van der Waals surface area contributed by atoms with Gasteiger partial charge in [-0.05, 0) is 38.0 Å². The van der Waals surface area contributed by atoms with E-state index in [0.717, 1.165) is 44.0 Å². The first-order valence-corrected chi connectivity index (χ1v) is 10.7. The van der Waals surface area contributed by atoms with Crippen LogP contribution in [0.15, 0.2) is 42.5 Å². The molecule has 1 aromatic heterocycles. The minimum absolute atomic E-state index is 0.222. The standard InChI is InChI=1S/C23H30N2O2S/c1-23(2,27)12-10-21-8-9-22(28-21)18-24-13-14-25(20(17-24)11-15-26)16-19-6-4-3-5-7-19/h3-9,20,26-27H,11,13-18H2,1-2H3/t20-/m0/s1. The van der Waals surface area contributed by atoms with E-state index in [0.29, 0.717) is 6.04 Å². The third kappa shape index (κ3) is 6.44. The Labute approximate surface area is 172 Å². The quantitative estimate of drug-likeness (QED) is 0.735. The van der Waals surface area contributed by atoms with E-state index in [-0.39, 0.29) is 6.61 Å². The van der Waals surface area contributed by atoms with Crippen molar-refractivity contribution in [1.29, 1.82) is 0 Å². The number of hydrogen-bond acceptors (Lipinski definition) is 5. The number of benzene rings is 1. The predicted molar refractivity (Wildman–Crippen MR) is 115 cm³/mol. The molecule has 0 radical (unpaired) electrons. The van der Waals surface area contributed by atoms with Crippen molar-refractivity contribution < 1.29 is 10.2 Å². The summed E-state index contributed by atoms with van der Waals surface area (Å²) in [4.78, 5) is 7.25. The summed E-state index contributed by atoms with van der Waals surface area (Å²) in [5.41, 5.74) is 0.365. The van der Waals surface area contributed by atoms with Crippen molar-refractivity contribution >= 4 is 11.3 Å². The number of rotatable bonds is 6. The Morgan fingerprint density at radius 2 is 1.89 bits per heavy atom. The lowest BCUT2D eigenvalue weighted by molar-refractivity contribution is 0.0504. The summed E-state index contributed by atoms with van der Waals surface area (Å²) < 4.78 is 0. The van der Waals surface area contributed by atoms with Crippen LogP contribution in [0.5, 0.6) is 0 Å². The average Bonchev–Trinajstić information content (AvgIpc) is 3.10. The van der Waals surface area contributed by atoms with Gasteiger partial charge in [0, 0.05) is 50.2 Å². The highest BCUT2D eigenvalue weighted by molar-refractivity contribution is 7.12. The molecule has 0 amide bonds. The second-order valence-electron chi connectivity index (χ2n) is 7.93. The molecule has 1 fully saturated rings. The Bertz CT molecular complexity index is 801. The number of piperazine rings is 1. The van der Waals surface area contributed by atoms with Crippen LogP contribution in [0.3, 0.4) is 0 Å². The van der Waals surface area contributed by atoms with E-state index in [9.17, 15) is 10.2 Å². The Hall–Kier alpha value is -1.68. The molecule has 0 saturated carbocycles. The highest BCUT2D eigenvalue weighted by Gasteiger charge is 2.26. The minimum Gasteiger partial charge on any atom is -0.396 e. The lowest BCUT2D eigenvalue weighted by atomic mass is 10.1. The number of nitrogens with zero attached hydrogens (tertiary/aromatic N) is 2. The molecule has 0 bridgehead atoms. The number of hydrogen-bond donors (Lipinski definition) is 2. The summed E-state index contributed by atoms with van der Waals surface area (Å²) in [6.07, 6.45) is 0.802. The Morgan fingerprint density at radius 3 is 2.61 bits per heavy atom. The molecule has 0 unspecified atom stereocenters. The van der Waals surface area contributed by atoms with Gasteiger partial charge in [-0.3, -0.25) is 9.80 Å². The van der Waals surface area contributed by atoms with Crippen LogP contribution in [0.4, 0.5) is 0 Å². The normalized spacial score (nSPS) is 18.6. The topological polar surface area (TPSA) is 46.9 Å². The predicted octanol–water partition coefficient (Wildman–Crippen LogP) is 2.94. The van der Waals surface area contributed by atoms with Gasteiger partial charge in [0.25, 0.3) is 0 Å². The van der Waals surface area contributed by atoms with E-state index in [2.05, 4.69) is 52.0 Å². The lowest BCUT2D eigenvalue weighted by Gasteiger charge is -2.41. The third-order valence-electron chi connectivity index (χ3n) is 4.91. The number of thiophene rings is 1. The van der Waals surface area contributed by atoms with E-state index in [4.69, 9.17) is 0 Å². The first-order valence-electron chi connectivity index (χ1n) is 9.88. The van der Waals surface area contributed by atoms with E-state index in [1.807, 2.05) is 12.1 Å². The van der Waals surface area contributed by atoms with E-state index in [1.54, 1.807) is 25.2 Å². The molecule has 5 heteroatoms. The smallest absolute Gasteiger partial charge is 0.120 e. The largest absolute Gasteiger partial charge is 0.396 e. The fraction of sp³-hybridized carbons (Fsp3) is 0.478. The van der Waals surface area contributed by atoms with Gasteiger partial charge in [-0.2, -0.15) is 0 Å². The monoisotopic (exact) mass is 398 g/mol. The van der Waals surface area contributed by atoms with Gasteiger partial charge in [0.2, 0.25) is 0 Å². The fourth-order valence-electron chi connectivity index (χ4n) is 3.51. The second-order valence-corrected chi connectivity index (χ2v) is 9.10. The van der Waals surface area contributed by atoms with Gasteiger partial charge in [0.15, 0.2) is 0 Å². The van der Waals surface area contributed by atoms with Gasteiger partial charge in [0.05, 0.1) is 4.88 Å².